The number of carbonyl (C=O) groups excluding carboxylic acids is 3. The Hall–Kier alpha value is -1.59. The minimum Gasteiger partial charge on any atom is -0.368 e. The summed E-state index contributed by atoms with van der Waals surface area (Å²) in [6.45, 7) is 3.49. The van der Waals surface area contributed by atoms with Gasteiger partial charge in [0.15, 0.2) is 0 Å². The van der Waals surface area contributed by atoms with Crippen LogP contribution >= 0.6 is 0 Å². The molecule has 0 bridgehead atoms. The van der Waals surface area contributed by atoms with Crippen molar-refractivity contribution in [2.24, 2.45) is 5.73 Å². The Morgan fingerprint density at radius 3 is 2.47 bits per heavy atom. The summed E-state index contributed by atoms with van der Waals surface area (Å²) in [6, 6.07) is -0.528. The van der Waals surface area contributed by atoms with Crippen molar-refractivity contribution in [1.82, 2.24) is 10.2 Å². The van der Waals surface area contributed by atoms with Crippen LogP contribution in [0.5, 0.6) is 0 Å². The van der Waals surface area contributed by atoms with E-state index in [4.69, 9.17) is 5.73 Å². The Morgan fingerprint density at radius 2 is 1.89 bits per heavy atom. The summed E-state index contributed by atoms with van der Waals surface area (Å²) < 4.78 is 0. The fourth-order valence-corrected chi connectivity index (χ4v) is 2.30. The summed E-state index contributed by atoms with van der Waals surface area (Å²) in [7, 11) is 0. The number of urea groups is 1. The Kier molecular flexibility index (Phi) is 5.32. The van der Waals surface area contributed by atoms with Crippen LogP contribution in [0.4, 0.5) is 4.79 Å². The maximum absolute atomic E-state index is 12.1. The fourth-order valence-electron chi connectivity index (χ4n) is 2.30. The second-order valence-electron chi connectivity index (χ2n) is 5.28. The van der Waals surface area contributed by atoms with Gasteiger partial charge in [0, 0.05) is 0 Å². The predicted octanol–water partition coefficient (Wildman–Crippen LogP) is 1.14. The van der Waals surface area contributed by atoms with Gasteiger partial charge in [-0.25, -0.2) is 4.79 Å². The van der Waals surface area contributed by atoms with Crippen LogP contribution in [0.25, 0.3) is 0 Å². The summed E-state index contributed by atoms with van der Waals surface area (Å²) in [6.07, 6.45) is 6.01. The van der Waals surface area contributed by atoms with Gasteiger partial charge in [0.05, 0.1) is 0 Å². The van der Waals surface area contributed by atoms with Gasteiger partial charge in [-0.3, -0.25) is 14.5 Å². The summed E-state index contributed by atoms with van der Waals surface area (Å²) in [4.78, 5) is 35.5. The smallest absolute Gasteiger partial charge is 0.325 e. The molecule has 3 N–H and O–H groups in total. The number of hydrogen-bond donors (Lipinski definition) is 2. The van der Waals surface area contributed by atoms with Crippen LogP contribution in [-0.4, -0.2) is 34.8 Å². The molecule has 1 aliphatic heterocycles. The molecule has 1 fully saturated rings. The van der Waals surface area contributed by atoms with Gasteiger partial charge in [0.1, 0.15) is 12.1 Å². The number of nitrogens with two attached hydrogens (primary N) is 1. The zero-order chi connectivity index (χ0) is 14.5. The fraction of sp³-hybridized carbons (Fsp3) is 0.769. The van der Waals surface area contributed by atoms with Gasteiger partial charge in [0.25, 0.3) is 5.91 Å². The molecule has 0 aromatic rings. The number of amides is 4. The van der Waals surface area contributed by atoms with Crippen molar-refractivity contribution >= 4 is 17.8 Å². The number of nitrogens with one attached hydrogen (secondary N) is 1. The van der Waals surface area contributed by atoms with E-state index in [9.17, 15) is 14.4 Å². The lowest BCUT2D eigenvalue weighted by molar-refractivity contribution is -0.134. The molecule has 6 nitrogen and oxygen atoms in total. The predicted molar refractivity (Wildman–Crippen MR) is 71.2 cm³/mol. The first-order valence-corrected chi connectivity index (χ1v) is 6.83. The summed E-state index contributed by atoms with van der Waals surface area (Å²) in [5.41, 5.74) is 4.14. The minimum atomic E-state index is -0.890. The Bertz CT molecular complexity index is 370. The molecule has 0 aromatic heterocycles. The molecule has 0 aromatic carbocycles. The van der Waals surface area contributed by atoms with E-state index < -0.39 is 17.5 Å². The number of hydrogen-bond acceptors (Lipinski definition) is 3. The highest BCUT2D eigenvalue weighted by atomic mass is 16.2. The molecule has 108 valence electrons. The molecule has 0 saturated carbocycles. The van der Waals surface area contributed by atoms with E-state index in [1.807, 2.05) is 0 Å². The van der Waals surface area contributed by atoms with Crippen LogP contribution in [0.3, 0.4) is 0 Å². The monoisotopic (exact) mass is 269 g/mol. The number of unbranched alkanes of at least 4 members (excludes halogenated alkanes) is 4. The van der Waals surface area contributed by atoms with Crippen molar-refractivity contribution in [3.63, 3.8) is 0 Å². The third-order valence-corrected chi connectivity index (χ3v) is 3.44. The topological polar surface area (TPSA) is 92.5 Å². The first kappa shape index (κ1) is 15.5. The standard InChI is InChI=1S/C13H23N3O3/c1-3-4-5-6-7-8-13(2)11(18)16(9-10(14)17)12(19)15-13/h3-9H2,1-2H3,(H2,14,17)(H,15,19)/t13-/m0/s1. The number of carbonyl (C=O) groups is 3. The SMILES string of the molecule is CCCCCCC[C@]1(C)NC(=O)N(CC(N)=O)C1=O. The van der Waals surface area contributed by atoms with E-state index in [0.29, 0.717) is 6.42 Å². The number of imide groups is 1. The van der Waals surface area contributed by atoms with Crippen molar-refractivity contribution in [3.05, 3.63) is 0 Å². The zero-order valence-electron chi connectivity index (χ0n) is 11.7. The average molecular weight is 269 g/mol. The van der Waals surface area contributed by atoms with E-state index in [0.717, 1.165) is 24.2 Å². The molecule has 1 rings (SSSR count). The molecular weight excluding hydrogens is 246 g/mol. The van der Waals surface area contributed by atoms with Gasteiger partial charge in [-0.05, 0) is 13.3 Å². The Labute approximate surface area is 113 Å². The molecule has 1 atom stereocenters. The third-order valence-electron chi connectivity index (χ3n) is 3.44. The minimum absolute atomic E-state index is 0.351. The third kappa shape index (κ3) is 3.94. The van der Waals surface area contributed by atoms with Crippen molar-refractivity contribution in [2.45, 2.75) is 57.9 Å². The summed E-state index contributed by atoms with van der Waals surface area (Å²) >= 11 is 0. The van der Waals surface area contributed by atoms with Crippen LogP contribution in [0.1, 0.15) is 52.4 Å². The first-order chi connectivity index (χ1) is 8.90. The molecule has 1 aliphatic rings. The summed E-state index contributed by atoms with van der Waals surface area (Å²) in [5, 5.41) is 2.66. The van der Waals surface area contributed by atoms with Crippen molar-refractivity contribution in [1.29, 1.82) is 0 Å². The van der Waals surface area contributed by atoms with Gasteiger partial charge < -0.3 is 11.1 Å². The van der Waals surface area contributed by atoms with Crippen molar-refractivity contribution < 1.29 is 14.4 Å². The normalized spacial score (nSPS) is 22.7. The maximum atomic E-state index is 12.1. The Balaban J connectivity index is 2.51. The van der Waals surface area contributed by atoms with Crippen LogP contribution in [-0.2, 0) is 9.59 Å². The van der Waals surface area contributed by atoms with Crippen LogP contribution in [0, 0.1) is 0 Å². The molecule has 6 heteroatoms. The highest BCUT2D eigenvalue weighted by molar-refractivity contribution is 6.08. The highest BCUT2D eigenvalue weighted by Crippen LogP contribution is 2.23. The van der Waals surface area contributed by atoms with Gasteiger partial charge in [-0.1, -0.05) is 39.0 Å². The van der Waals surface area contributed by atoms with Gasteiger partial charge in [-0.15, -0.1) is 0 Å². The molecular formula is C13H23N3O3. The van der Waals surface area contributed by atoms with E-state index >= 15 is 0 Å². The van der Waals surface area contributed by atoms with E-state index in [2.05, 4.69) is 12.2 Å². The lowest BCUT2D eigenvalue weighted by atomic mass is 9.94. The lowest BCUT2D eigenvalue weighted by Gasteiger charge is -2.21. The van der Waals surface area contributed by atoms with E-state index in [1.54, 1.807) is 6.92 Å². The molecule has 0 unspecified atom stereocenters. The summed E-state index contributed by atoms with van der Waals surface area (Å²) in [5.74, 6) is -1.04. The van der Waals surface area contributed by atoms with Crippen LogP contribution in [0.15, 0.2) is 0 Å². The number of primary amides is 1. The van der Waals surface area contributed by atoms with Crippen LogP contribution in [0.2, 0.25) is 0 Å². The van der Waals surface area contributed by atoms with Crippen LogP contribution < -0.4 is 11.1 Å². The quantitative estimate of drug-likeness (QED) is 0.511. The highest BCUT2D eigenvalue weighted by Gasteiger charge is 2.47. The number of rotatable bonds is 8. The average Bonchev–Trinajstić information content (AvgIpc) is 2.53. The Morgan fingerprint density at radius 1 is 1.26 bits per heavy atom. The maximum Gasteiger partial charge on any atom is 0.325 e. The molecule has 1 saturated heterocycles. The molecule has 4 amide bonds. The molecule has 19 heavy (non-hydrogen) atoms. The second kappa shape index (κ2) is 6.54. The second-order valence-corrected chi connectivity index (χ2v) is 5.28. The lowest BCUT2D eigenvalue weighted by Crippen LogP contribution is -2.44. The van der Waals surface area contributed by atoms with Gasteiger partial charge >= 0.3 is 6.03 Å². The van der Waals surface area contributed by atoms with Crippen molar-refractivity contribution in [3.8, 4) is 0 Å². The zero-order valence-corrected chi connectivity index (χ0v) is 11.7. The van der Waals surface area contributed by atoms with E-state index in [-0.39, 0.29) is 12.5 Å². The van der Waals surface area contributed by atoms with Crippen molar-refractivity contribution in [2.75, 3.05) is 6.54 Å². The first-order valence-electron chi connectivity index (χ1n) is 6.83. The van der Waals surface area contributed by atoms with Gasteiger partial charge in [-0.2, -0.15) is 0 Å². The number of nitrogens with zero attached hydrogens (tertiary/aromatic N) is 1. The van der Waals surface area contributed by atoms with E-state index in [1.165, 1.54) is 12.8 Å². The molecule has 0 spiro atoms. The largest absolute Gasteiger partial charge is 0.368 e. The molecule has 0 aliphatic carbocycles. The van der Waals surface area contributed by atoms with Gasteiger partial charge in [0.2, 0.25) is 5.91 Å². The molecule has 1 heterocycles. The molecule has 0 radical (unpaired) electrons.